The Balaban J connectivity index is 2.58. The lowest BCUT2D eigenvalue weighted by Crippen LogP contribution is -2.32. The zero-order valence-corrected chi connectivity index (χ0v) is 7.58. The van der Waals surface area contributed by atoms with E-state index in [1.165, 1.54) is 0 Å². The summed E-state index contributed by atoms with van der Waals surface area (Å²) in [7, 11) is 0. The smallest absolute Gasteiger partial charge is 0.283 e. The topological polar surface area (TPSA) is 37.4 Å². The van der Waals surface area contributed by atoms with Crippen LogP contribution in [0.25, 0.3) is 0 Å². The first-order valence-electron chi connectivity index (χ1n) is 3.17. The fourth-order valence-electron chi connectivity index (χ4n) is 1.15. The molecule has 1 aliphatic rings. The molecule has 1 aliphatic heterocycles. The predicted octanol–water partition coefficient (Wildman–Crippen LogP) is 1.20. The van der Waals surface area contributed by atoms with E-state index in [-0.39, 0.29) is 9.96 Å². The summed E-state index contributed by atoms with van der Waals surface area (Å²) in [5.41, 5.74) is 0. The Morgan fingerprint density at radius 1 is 1.70 bits per heavy atom. The molecular weight excluding hydrogens is 245 g/mol. The molecule has 1 unspecified atom stereocenters. The van der Waals surface area contributed by atoms with Crippen LogP contribution in [0.4, 0.5) is 4.79 Å². The Labute approximate surface area is 72.9 Å². The van der Waals surface area contributed by atoms with Crippen LogP contribution in [0, 0.1) is 0 Å². The van der Waals surface area contributed by atoms with Crippen LogP contribution in [0.5, 0.6) is 0 Å². The van der Waals surface area contributed by atoms with Crippen molar-refractivity contribution in [3.63, 3.8) is 0 Å². The van der Waals surface area contributed by atoms with Crippen molar-refractivity contribution >= 4 is 32.8 Å². The van der Waals surface area contributed by atoms with Gasteiger partial charge < -0.3 is 9.69 Å². The summed E-state index contributed by atoms with van der Waals surface area (Å²) in [6.07, 6.45) is 2.64. The Hall–Kier alpha value is -0.130. The summed E-state index contributed by atoms with van der Waals surface area (Å²) < 4.78 is -0.0211. The standard InChI is InChI=1S/C6H8INO2/c7-6(10)8-3-1-2-5(8)4-9/h4-5H,1-3H2. The van der Waals surface area contributed by atoms with E-state index in [1.54, 1.807) is 27.5 Å². The number of carbonyl (C=O) groups is 2. The van der Waals surface area contributed by atoms with E-state index < -0.39 is 0 Å². The van der Waals surface area contributed by atoms with E-state index in [2.05, 4.69) is 0 Å². The SMILES string of the molecule is O=CC1CCCN1C(=O)I. The van der Waals surface area contributed by atoms with E-state index in [1.807, 2.05) is 0 Å². The van der Waals surface area contributed by atoms with Gasteiger partial charge in [-0.2, -0.15) is 0 Å². The lowest BCUT2D eigenvalue weighted by molar-refractivity contribution is -0.110. The number of likely N-dealkylation sites (tertiary alicyclic amines) is 1. The van der Waals surface area contributed by atoms with Crippen molar-refractivity contribution in [2.24, 2.45) is 0 Å². The first kappa shape index (κ1) is 7.97. The molecule has 0 saturated carbocycles. The third-order valence-corrected chi connectivity index (χ3v) is 2.30. The van der Waals surface area contributed by atoms with Gasteiger partial charge in [0.25, 0.3) is 3.91 Å². The number of halogens is 1. The summed E-state index contributed by atoms with van der Waals surface area (Å²) in [5, 5.41) is 0. The molecule has 0 aromatic rings. The number of hydrogen-bond donors (Lipinski definition) is 0. The highest BCUT2D eigenvalue weighted by atomic mass is 127. The zero-order valence-electron chi connectivity index (χ0n) is 5.42. The maximum absolute atomic E-state index is 10.8. The van der Waals surface area contributed by atoms with Gasteiger partial charge in [0.05, 0.1) is 6.04 Å². The molecule has 10 heavy (non-hydrogen) atoms. The van der Waals surface area contributed by atoms with Crippen LogP contribution >= 0.6 is 22.6 Å². The molecular formula is C6H8INO2. The Kier molecular flexibility index (Phi) is 2.64. The van der Waals surface area contributed by atoms with E-state index >= 15 is 0 Å². The lowest BCUT2D eigenvalue weighted by atomic mass is 10.2. The third kappa shape index (κ3) is 1.47. The zero-order chi connectivity index (χ0) is 7.56. The van der Waals surface area contributed by atoms with Crippen molar-refractivity contribution in [2.75, 3.05) is 6.54 Å². The van der Waals surface area contributed by atoms with Gasteiger partial charge in [0.15, 0.2) is 0 Å². The molecule has 1 atom stereocenters. The first-order valence-corrected chi connectivity index (χ1v) is 4.25. The fraction of sp³-hybridized carbons (Fsp3) is 0.667. The minimum Gasteiger partial charge on any atom is -0.324 e. The van der Waals surface area contributed by atoms with Gasteiger partial charge in [-0.25, -0.2) is 0 Å². The van der Waals surface area contributed by atoms with Crippen molar-refractivity contribution in [1.29, 1.82) is 0 Å². The molecule has 1 fully saturated rings. The quantitative estimate of drug-likeness (QED) is 0.305. The summed E-state index contributed by atoms with van der Waals surface area (Å²) in [6.45, 7) is 0.741. The molecule has 0 aliphatic carbocycles. The van der Waals surface area contributed by atoms with Crippen LogP contribution < -0.4 is 0 Å². The van der Waals surface area contributed by atoms with Crippen LogP contribution in [0.1, 0.15) is 12.8 Å². The third-order valence-electron chi connectivity index (χ3n) is 1.68. The summed E-state index contributed by atoms with van der Waals surface area (Å²) in [5.74, 6) is 0. The van der Waals surface area contributed by atoms with Crippen LogP contribution in [0.15, 0.2) is 0 Å². The van der Waals surface area contributed by atoms with Crippen LogP contribution in [0.2, 0.25) is 0 Å². The van der Waals surface area contributed by atoms with Gasteiger partial charge in [-0.3, -0.25) is 4.79 Å². The molecule has 4 heteroatoms. The van der Waals surface area contributed by atoms with E-state index in [0.29, 0.717) is 0 Å². The molecule has 1 heterocycles. The molecule has 1 amide bonds. The molecule has 0 N–H and O–H groups in total. The van der Waals surface area contributed by atoms with Gasteiger partial charge >= 0.3 is 0 Å². The monoisotopic (exact) mass is 253 g/mol. The minimum atomic E-state index is -0.149. The van der Waals surface area contributed by atoms with Crippen LogP contribution in [-0.4, -0.2) is 27.7 Å². The lowest BCUT2D eigenvalue weighted by Gasteiger charge is -2.15. The van der Waals surface area contributed by atoms with Gasteiger partial charge in [0.1, 0.15) is 6.29 Å². The van der Waals surface area contributed by atoms with Gasteiger partial charge in [0.2, 0.25) is 0 Å². The number of carbonyl (C=O) groups excluding carboxylic acids is 2. The number of aldehydes is 1. The maximum atomic E-state index is 10.8. The molecule has 1 saturated heterocycles. The maximum Gasteiger partial charge on any atom is 0.283 e. The molecule has 3 nitrogen and oxygen atoms in total. The van der Waals surface area contributed by atoms with Crippen molar-refractivity contribution < 1.29 is 9.59 Å². The van der Waals surface area contributed by atoms with Gasteiger partial charge in [-0.15, -0.1) is 0 Å². The summed E-state index contributed by atoms with van der Waals surface area (Å²) in [6, 6.07) is -0.149. The Morgan fingerprint density at radius 2 is 2.40 bits per heavy atom. The second-order valence-electron chi connectivity index (χ2n) is 2.29. The van der Waals surface area contributed by atoms with Gasteiger partial charge in [0, 0.05) is 29.1 Å². The van der Waals surface area contributed by atoms with Crippen molar-refractivity contribution in [3.05, 3.63) is 0 Å². The molecule has 56 valence electrons. The van der Waals surface area contributed by atoms with Crippen LogP contribution in [0.3, 0.4) is 0 Å². The van der Waals surface area contributed by atoms with E-state index in [9.17, 15) is 9.59 Å². The molecule has 0 bridgehead atoms. The van der Waals surface area contributed by atoms with Crippen molar-refractivity contribution in [1.82, 2.24) is 4.90 Å². The highest BCUT2D eigenvalue weighted by Gasteiger charge is 2.26. The van der Waals surface area contributed by atoms with Crippen molar-refractivity contribution in [2.45, 2.75) is 18.9 Å². The normalized spacial score (nSPS) is 24.9. The average molecular weight is 253 g/mol. The Morgan fingerprint density at radius 3 is 2.80 bits per heavy atom. The number of amides is 1. The predicted molar refractivity (Wildman–Crippen MR) is 45.2 cm³/mol. The Bertz CT molecular complexity index is 160. The van der Waals surface area contributed by atoms with Gasteiger partial charge in [-0.05, 0) is 12.8 Å². The second-order valence-corrected chi connectivity index (χ2v) is 3.21. The highest BCUT2D eigenvalue weighted by Crippen LogP contribution is 2.17. The number of rotatable bonds is 1. The molecule has 0 aromatic carbocycles. The summed E-state index contributed by atoms with van der Waals surface area (Å²) in [4.78, 5) is 22.7. The average Bonchev–Trinajstić information content (AvgIpc) is 2.33. The van der Waals surface area contributed by atoms with Gasteiger partial charge in [-0.1, -0.05) is 0 Å². The summed E-state index contributed by atoms with van der Waals surface area (Å²) >= 11 is 1.71. The largest absolute Gasteiger partial charge is 0.324 e. The first-order chi connectivity index (χ1) is 4.75. The second kappa shape index (κ2) is 3.32. The van der Waals surface area contributed by atoms with E-state index in [4.69, 9.17) is 0 Å². The molecule has 0 radical (unpaired) electrons. The fourth-order valence-corrected chi connectivity index (χ4v) is 1.75. The molecule has 0 aromatic heterocycles. The molecule has 1 rings (SSSR count). The highest BCUT2D eigenvalue weighted by molar-refractivity contribution is 14.1. The molecule has 0 spiro atoms. The number of hydrogen-bond acceptors (Lipinski definition) is 2. The van der Waals surface area contributed by atoms with Crippen molar-refractivity contribution in [3.8, 4) is 0 Å². The number of nitrogens with zero attached hydrogens (tertiary/aromatic N) is 1. The van der Waals surface area contributed by atoms with E-state index in [0.717, 1.165) is 25.7 Å². The minimum absolute atomic E-state index is 0.0211. The van der Waals surface area contributed by atoms with Crippen LogP contribution in [-0.2, 0) is 4.79 Å².